The smallest absolute Gasteiger partial charge is 0.323 e. The lowest BCUT2D eigenvalue weighted by molar-refractivity contribution is 0.195. The number of amides is 2. The third kappa shape index (κ3) is 6.46. The Balaban J connectivity index is 2.01. The summed E-state index contributed by atoms with van der Waals surface area (Å²) >= 11 is 0. The second kappa shape index (κ2) is 9.47. The van der Waals surface area contributed by atoms with Crippen molar-refractivity contribution < 1.29 is 22.3 Å². The second-order valence-electron chi connectivity index (χ2n) is 6.11. The average molecular weight is 410 g/mol. The number of anilines is 2. The van der Waals surface area contributed by atoms with Crippen LogP contribution in [-0.4, -0.2) is 49.2 Å². The van der Waals surface area contributed by atoms with E-state index < -0.39 is 28.0 Å². The van der Waals surface area contributed by atoms with Crippen LogP contribution in [0.3, 0.4) is 0 Å². The molecule has 0 radical (unpaired) electrons. The van der Waals surface area contributed by atoms with Crippen LogP contribution in [0.15, 0.2) is 42.7 Å². The van der Waals surface area contributed by atoms with Crippen LogP contribution in [0.4, 0.5) is 20.6 Å². The zero-order valence-electron chi connectivity index (χ0n) is 15.8. The van der Waals surface area contributed by atoms with Crippen molar-refractivity contribution in [3.8, 4) is 5.75 Å². The molecule has 0 saturated carbocycles. The maximum atomic E-state index is 13.9. The first kappa shape index (κ1) is 21.6. The molecule has 1 aromatic carbocycles. The number of nitrogens with one attached hydrogen (secondary N) is 2. The molecule has 0 saturated heterocycles. The Kier molecular flexibility index (Phi) is 7.30. The molecule has 10 heteroatoms. The van der Waals surface area contributed by atoms with Crippen LogP contribution < -0.4 is 15.4 Å². The predicted molar refractivity (Wildman–Crippen MR) is 105 cm³/mol. The highest BCUT2D eigenvalue weighted by atomic mass is 32.2. The molecule has 0 aliphatic carbocycles. The van der Waals surface area contributed by atoms with E-state index in [1.807, 2.05) is 0 Å². The van der Waals surface area contributed by atoms with Gasteiger partial charge in [-0.2, -0.15) is 0 Å². The summed E-state index contributed by atoms with van der Waals surface area (Å²) in [6, 6.07) is 6.53. The van der Waals surface area contributed by atoms with E-state index in [0.717, 1.165) is 12.1 Å². The summed E-state index contributed by atoms with van der Waals surface area (Å²) in [7, 11) is -1.88. The summed E-state index contributed by atoms with van der Waals surface area (Å²) in [5.41, 5.74) is 0.680. The number of urea groups is 1. The third-order valence-corrected chi connectivity index (χ3v) is 5.57. The first-order valence-corrected chi connectivity index (χ1v) is 10.2. The van der Waals surface area contributed by atoms with E-state index in [9.17, 15) is 17.6 Å². The lowest BCUT2D eigenvalue weighted by atomic mass is 10.3. The number of nitrogens with zero attached hydrogens (tertiary/aromatic N) is 2. The maximum Gasteiger partial charge on any atom is 0.323 e. The molecule has 152 valence electrons. The molecule has 28 heavy (non-hydrogen) atoms. The SMILES string of the molecule is CCS(=O)(=O)N(C)C[C@H](C)Oc1cc(F)cc(NC(=O)Nc2cccnc2)c1. The molecular weight excluding hydrogens is 387 g/mol. The minimum Gasteiger partial charge on any atom is -0.489 e. The van der Waals surface area contributed by atoms with Crippen molar-refractivity contribution in [2.24, 2.45) is 0 Å². The molecule has 1 atom stereocenters. The highest BCUT2D eigenvalue weighted by Gasteiger charge is 2.19. The van der Waals surface area contributed by atoms with Gasteiger partial charge in [0.15, 0.2) is 0 Å². The highest BCUT2D eigenvalue weighted by molar-refractivity contribution is 7.89. The Labute approximate surface area is 163 Å². The number of carbonyl (C=O) groups excluding carboxylic acids is 1. The number of hydrogen-bond acceptors (Lipinski definition) is 5. The topological polar surface area (TPSA) is 101 Å². The summed E-state index contributed by atoms with van der Waals surface area (Å²) in [5.74, 6) is -0.446. The van der Waals surface area contributed by atoms with Gasteiger partial charge in [0.1, 0.15) is 17.7 Å². The molecule has 1 aromatic heterocycles. The van der Waals surface area contributed by atoms with Crippen LogP contribution in [0.5, 0.6) is 5.75 Å². The Hall–Kier alpha value is -2.72. The largest absolute Gasteiger partial charge is 0.489 e. The van der Waals surface area contributed by atoms with Gasteiger partial charge in [-0.05, 0) is 32.0 Å². The van der Waals surface area contributed by atoms with Crippen LogP contribution in [-0.2, 0) is 10.0 Å². The third-order valence-electron chi connectivity index (χ3n) is 3.74. The van der Waals surface area contributed by atoms with Crippen molar-refractivity contribution in [1.29, 1.82) is 0 Å². The average Bonchev–Trinajstić information content (AvgIpc) is 2.61. The molecule has 8 nitrogen and oxygen atoms in total. The number of hydrogen-bond donors (Lipinski definition) is 2. The van der Waals surface area contributed by atoms with Crippen LogP contribution in [0.25, 0.3) is 0 Å². The van der Waals surface area contributed by atoms with Gasteiger partial charge in [-0.1, -0.05) is 0 Å². The van der Waals surface area contributed by atoms with Gasteiger partial charge in [-0.15, -0.1) is 0 Å². The van der Waals surface area contributed by atoms with Gasteiger partial charge in [-0.25, -0.2) is 21.9 Å². The van der Waals surface area contributed by atoms with E-state index in [1.54, 1.807) is 32.2 Å². The number of pyridine rings is 1. The molecule has 2 N–H and O–H groups in total. The van der Waals surface area contributed by atoms with E-state index in [0.29, 0.717) is 5.69 Å². The zero-order valence-corrected chi connectivity index (χ0v) is 16.7. The minimum atomic E-state index is -3.34. The van der Waals surface area contributed by atoms with Crippen LogP contribution in [0.1, 0.15) is 13.8 Å². The first-order valence-electron chi connectivity index (χ1n) is 8.59. The second-order valence-corrected chi connectivity index (χ2v) is 8.47. The van der Waals surface area contributed by atoms with Crippen LogP contribution >= 0.6 is 0 Å². The summed E-state index contributed by atoms with van der Waals surface area (Å²) in [5, 5.41) is 5.08. The van der Waals surface area contributed by atoms with Gasteiger partial charge in [0.05, 0.1) is 24.2 Å². The Bertz CT molecular complexity index is 909. The number of sulfonamides is 1. The van der Waals surface area contributed by atoms with Gasteiger partial charge >= 0.3 is 6.03 Å². The minimum absolute atomic E-state index is 0.0176. The molecule has 0 aliphatic heterocycles. The molecule has 0 aliphatic rings. The fourth-order valence-corrected chi connectivity index (χ4v) is 3.28. The Morgan fingerprint density at radius 3 is 2.64 bits per heavy atom. The lowest BCUT2D eigenvalue weighted by Gasteiger charge is -2.22. The standard InChI is InChI=1S/C18H23FN4O4S/c1-4-28(25,26)23(3)12-13(2)27-17-9-14(19)8-16(10-17)22-18(24)21-15-6-5-7-20-11-15/h5-11,13H,4,12H2,1-3H3,(H2,21,22,24)/t13-/m0/s1. The van der Waals surface area contributed by atoms with Crippen molar-refractivity contribution >= 4 is 27.4 Å². The Morgan fingerprint density at radius 2 is 2.00 bits per heavy atom. The Morgan fingerprint density at radius 1 is 1.29 bits per heavy atom. The molecule has 0 spiro atoms. The fourth-order valence-electron chi connectivity index (χ4n) is 2.40. The zero-order chi connectivity index (χ0) is 20.7. The lowest BCUT2D eigenvalue weighted by Crippen LogP contribution is -2.36. The summed E-state index contributed by atoms with van der Waals surface area (Å²) in [4.78, 5) is 15.9. The maximum absolute atomic E-state index is 13.9. The van der Waals surface area contributed by atoms with Gasteiger partial charge in [-0.3, -0.25) is 4.98 Å². The van der Waals surface area contributed by atoms with E-state index in [4.69, 9.17) is 4.74 Å². The van der Waals surface area contributed by atoms with Crippen molar-refractivity contribution in [3.63, 3.8) is 0 Å². The molecule has 2 aromatic rings. The normalized spacial score (nSPS) is 12.5. The van der Waals surface area contributed by atoms with E-state index in [-0.39, 0.29) is 23.7 Å². The van der Waals surface area contributed by atoms with E-state index in [2.05, 4.69) is 15.6 Å². The van der Waals surface area contributed by atoms with Gasteiger partial charge in [0, 0.05) is 31.1 Å². The number of halogens is 1. The van der Waals surface area contributed by atoms with Crippen molar-refractivity contribution in [1.82, 2.24) is 9.29 Å². The number of aromatic nitrogens is 1. The summed E-state index contributed by atoms with van der Waals surface area (Å²) in [6.45, 7) is 3.34. The van der Waals surface area contributed by atoms with Crippen LogP contribution in [0.2, 0.25) is 0 Å². The van der Waals surface area contributed by atoms with E-state index in [1.165, 1.54) is 23.6 Å². The number of likely N-dealkylation sites (N-methyl/N-ethyl adjacent to an activating group) is 1. The van der Waals surface area contributed by atoms with Crippen molar-refractivity contribution in [2.45, 2.75) is 20.0 Å². The number of benzene rings is 1. The van der Waals surface area contributed by atoms with Crippen molar-refractivity contribution in [3.05, 3.63) is 48.5 Å². The van der Waals surface area contributed by atoms with Gasteiger partial charge < -0.3 is 15.4 Å². The summed E-state index contributed by atoms with van der Waals surface area (Å²) < 4.78 is 44.3. The quantitative estimate of drug-likeness (QED) is 0.697. The fraction of sp³-hybridized carbons (Fsp3) is 0.333. The monoisotopic (exact) mass is 410 g/mol. The van der Waals surface area contributed by atoms with E-state index >= 15 is 0 Å². The molecule has 2 rings (SSSR count). The molecule has 2 amide bonds. The molecular formula is C18H23FN4O4S. The molecule has 0 unspecified atom stereocenters. The summed E-state index contributed by atoms with van der Waals surface area (Å²) in [6.07, 6.45) is 2.52. The van der Waals surface area contributed by atoms with Crippen LogP contribution in [0, 0.1) is 5.82 Å². The molecule has 0 fully saturated rings. The highest BCUT2D eigenvalue weighted by Crippen LogP contribution is 2.22. The molecule has 1 heterocycles. The number of ether oxygens (including phenoxy) is 1. The number of rotatable bonds is 8. The predicted octanol–water partition coefficient (Wildman–Crippen LogP) is 2.91. The first-order chi connectivity index (χ1) is 13.2. The number of carbonyl (C=O) groups is 1. The van der Waals surface area contributed by atoms with Crippen molar-refractivity contribution in [2.75, 3.05) is 30.0 Å². The molecule has 0 bridgehead atoms. The van der Waals surface area contributed by atoms with Gasteiger partial charge in [0.2, 0.25) is 10.0 Å². The van der Waals surface area contributed by atoms with Gasteiger partial charge in [0.25, 0.3) is 0 Å².